The molecule has 0 saturated heterocycles. The van der Waals surface area contributed by atoms with Crippen molar-refractivity contribution in [2.24, 2.45) is 0 Å². The largest absolute Gasteiger partial charge is 0.0751 e. The maximum absolute atomic E-state index is 2.48. The van der Waals surface area contributed by atoms with Gasteiger partial charge in [0.15, 0.2) is 0 Å². The number of rotatable bonds is 8. The lowest BCUT2D eigenvalue weighted by Gasteiger charge is -2.38. The molecule has 0 radical (unpaired) electrons. The van der Waals surface area contributed by atoms with Crippen molar-refractivity contribution in [2.45, 2.75) is 11.8 Å². The number of benzene rings is 7. The standard InChI is InChI=1S/C50H38/c1-6-18-38(19-7-1)44-28-16-29-45(36-44)40-32-34-50(35-33-40,47-31-17-30-46(37-47)39-20-8-2-9-21-39)49(43-26-14-5-15-27-43)48(41-22-10-3-11-23-41)42-24-12-4-13-25-42/h1-34,36-37H,35H2. The maximum atomic E-state index is 2.48. The van der Waals surface area contributed by atoms with E-state index in [9.17, 15) is 0 Å². The van der Waals surface area contributed by atoms with Gasteiger partial charge in [-0.3, -0.25) is 0 Å². The lowest BCUT2D eigenvalue weighted by molar-refractivity contribution is 0.699. The minimum absolute atomic E-state index is 0.465. The molecule has 0 heteroatoms. The van der Waals surface area contributed by atoms with E-state index in [0.29, 0.717) is 0 Å². The predicted octanol–water partition coefficient (Wildman–Crippen LogP) is 13.0. The Hall–Kier alpha value is -6.24. The summed E-state index contributed by atoms with van der Waals surface area (Å²) in [7, 11) is 0. The summed E-state index contributed by atoms with van der Waals surface area (Å²) in [5, 5.41) is 0. The predicted molar refractivity (Wildman–Crippen MR) is 212 cm³/mol. The van der Waals surface area contributed by atoms with Crippen LogP contribution in [-0.4, -0.2) is 0 Å². The molecule has 0 fully saturated rings. The van der Waals surface area contributed by atoms with Gasteiger partial charge in [-0.05, 0) is 85.3 Å². The lowest BCUT2D eigenvalue weighted by atomic mass is 9.64. The first-order valence-electron chi connectivity index (χ1n) is 17.4. The zero-order valence-corrected chi connectivity index (χ0v) is 28.0. The minimum Gasteiger partial charge on any atom is -0.0751 e. The first-order chi connectivity index (χ1) is 24.8. The molecule has 1 aliphatic carbocycles. The monoisotopic (exact) mass is 638 g/mol. The van der Waals surface area contributed by atoms with Gasteiger partial charge < -0.3 is 0 Å². The van der Waals surface area contributed by atoms with E-state index in [1.165, 1.54) is 66.8 Å². The number of allylic oxidation sites excluding steroid dienone is 5. The molecule has 0 heterocycles. The van der Waals surface area contributed by atoms with Crippen LogP contribution in [0, 0.1) is 0 Å². The first-order valence-corrected chi connectivity index (χ1v) is 17.4. The van der Waals surface area contributed by atoms with Crippen LogP contribution in [0.25, 0.3) is 39.0 Å². The van der Waals surface area contributed by atoms with Gasteiger partial charge >= 0.3 is 0 Å². The van der Waals surface area contributed by atoms with Crippen molar-refractivity contribution < 1.29 is 0 Å². The summed E-state index contributed by atoms with van der Waals surface area (Å²) < 4.78 is 0. The van der Waals surface area contributed by atoms with Crippen molar-refractivity contribution in [2.75, 3.05) is 0 Å². The highest BCUT2D eigenvalue weighted by Gasteiger charge is 2.38. The molecule has 1 aliphatic rings. The molecule has 0 N–H and O–H groups in total. The Bertz CT molecular complexity index is 2250. The summed E-state index contributed by atoms with van der Waals surface area (Å²) in [6.07, 6.45) is 8.10. The topological polar surface area (TPSA) is 0 Å². The van der Waals surface area contributed by atoms with Crippen LogP contribution in [-0.2, 0) is 5.41 Å². The van der Waals surface area contributed by atoms with Gasteiger partial charge in [-0.25, -0.2) is 0 Å². The fraction of sp³-hybridized carbons (Fsp3) is 0.0400. The molecule has 0 bridgehead atoms. The van der Waals surface area contributed by atoms with Crippen LogP contribution < -0.4 is 0 Å². The fourth-order valence-electron chi connectivity index (χ4n) is 7.41. The van der Waals surface area contributed by atoms with Crippen LogP contribution >= 0.6 is 0 Å². The van der Waals surface area contributed by atoms with Crippen LogP contribution in [0.2, 0.25) is 0 Å². The van der Waals surface area contributed by atoms with Gasteiger partial charge in [0.25, 0.3) is 0 Å². The summed E-state index contributed by atoms with van der Waals surface area (Å²) in [6, 6.07) is 72.3. The highest BCUT2D eigenvalue weighted by atomic mass is 14.4. The summed E-state index contributed by atoms with van der Waals surface area (Å²) in [4.78, 5) is 0. The van der Waals surface area contributed by atoms with Gasteiger partial charge in [-0.15, -0.1) is 0 Å². The van der Waals surface area contributed by atoms with Gasteiger partial charge in [0, 0.05) is 5.41 Å². The number of hydrogen-bond acceptors (Lipinski definition) is 0. The summed E-state index contributed by atoms with van der Waals surface area (Å²) in [6.45, 7) is 0. The Labute approximate surface area is 296 Å². The number of hydrogen-bond donors (Lipinski definition) is 0. The highest BCUT2D eigenvalue weighted by molar-refractivity contribution is 6.04. The van der Waals surface area contributed by atoms with E-state index in [2.05, 4.69) is 218 Å². The van der Waals surface area contributed by atoms with E-state index < -0.39 is 5.41 Å². The van der Waals surface area contributed by atoms with Crippen molar-refractivity contribution >= 4 is 16.7 Å². The van der Waals surface area contributed by atoms with Gasteiger partial charge in [-0.1, -0.05) is 206 Å². The highest BCUT2D eigenvalue weighted by Crippen LogP contribution is 2.51. The fourth-order valence-corrected chi connectivity index (χ4v) is 7.41. The molecular weight excluding hydrogens is 601 g/mol. The van der Waals surface area contributed by atoms with Crippen molar-refractivity contribution in [3.63, 3.8) is 0 Å². The van der Waals surface area contributed by atoms with Crippen molar-refractivity contribution in [1.29, 1.82) is 0 Å². The minimum atomic E-state index is -0.465. The van der Waals surface area contributed by atoms with Crippen LogP contribution in [0.1, 0.15) is 34.2 Å². The molecule has 1 atom stereocenters. The molecule has 7 aromatic rings. The van der Waals surface area contributed by atoms with Gasteiger partial charge in [0.2, 0.25) is 0 Å². The van der Waals surface area contributed by atoms with Crippen molar-refractivity contribution in [3.8, 4) is 22.3 Å². The summed E-state index contributed by atoms with van der Waals surface area (Å²) in [5.74, 6) is 0. The van der Waals surface area contributed by atoms with E-state index >= 15 is 0 Å². The van der Waals surface area contributed by atoms with Crippen LogP contribution in [0.15, 0.2) is 218 Å². The third-order valence-corrected chi connectivity index (χ3v) is 9.86. The molecule has 0 spiro atoms. The Morgan fingerprint density at radius 2 is 0.820 bits per heavy atom. The third-order valence-electron chi connectivity index (χ3n) is 9.86. The quantitative estimate of drug-likeness (QED) is 0.145. The zero-order valence-electron chi connectivity index (χ0n) is 28.0. The zero-order chi connectivity index (χ0) is 33.6. The lowest BCUT2D eigenvalue weighted by Crippen LogP contribution is -2.28. The molecule has 0 aliphatic heterocycles. The van der Waals surface area contributed by atoms with E-state index in [1.54, 1.807) is 0 Å². The summed E-state index contributed by atoms with van der Waals surface area (Å²) >= 11 is 0. The SMILES string of the molecule is C1=CC(C(=C(c2ccccc2)c2ccccc2)c2ccccc2)(c2cccc(-c3ccccc3)c2)CC=C1c1cccc(-c2ccccc2)c1. The van der Waals surface area contributed by atoms with E-state index in [0.717, 1.165) is 6.42 Å². The smallest absolute Gasteiger partial charge is 0.0432 e. The van der Waals surface area contributed by atoms with Crippen LogP contribution in [0.3, 0.4) is 0 Å². The maximum Gasteiger partial charge on any atom is 0.0432 e. The second-order valence-corrected chi connectivity index (χ2v) is 12.9. The molecule has 1 unspecified atom stereocenters. The van der Waals surface area contributed by atoms with E-state index in [-0.39, 0.29) is 0 Å². The van der Waals surface area contributed by atoms with Crippen molar-refractivity contribution in [3.05, 3.63) is 246 Å². The molecule has 0 saturated carbocycles. The molecule has 8 rings (SSSR count). The normalized spacial score (nSPS) is 15.2. The Morgan fingerprint density at radius 3 is 1.34 bits per heavy atom. The van der Waals surface area contributed by atoms with Gasteiger partial charge in [-0.2, -0.15) is 0 Å². The Balaban J connectivity index is 1.38. The third kappa shape index (κ3) is 6.20. The molecule has 0 amide bonds. The van der Waals surface area contributed by atoms with E-state index in [4.69, 9.17) is 0 Å². The second kappa shape index (κ2) is 14.1. The van der Waals surface area contributed by atoms with Crippen molar-refractivity contribution in [1.82, 2.24) is 0 Å². The first kappa shape index (κ1) is 31.1. The summed E-state index contributed by atoms with van der Waals surface area (Å²) in [5.41, 5.74) is 14.3. The molecule has 238 valence electrons. The Morgan fingerprint density at radius 1 is 0.380 bits per heavy atom. The van der Waals surface area contributed by atoms with E-state index in [1.807, 2.05) is 0 Å². The molecule has 50 heavy (non-hydrogen) atoms. The molecule has 0 aromatic heterocycles. The average molecular weight is 639 g/mol. The van der Waals surface area contributed by atoms with Crippen LogP contribution in [0.5, 0.6) is 0 Å². The second-order valence-electron chi connectivity index (χ2n) is 12.9. The van der Waals surface area contributed by atoms with Gasteiger partial charge in [0.1, 0.15) is 0 Å². The molecular formula is C50H38. The molecule has 7 aromatic carbocycles. The average Bonchev–Trinajstić information content (AvgIpc) is 3.22. The Kier molecular flexibility index (Phi) is 8.75. The molecule has 0 nitrogen and oxygen atoms in total. The van der Waals surface area contributed by atoms with Gasteiger partial charge in [0.05, 0.1) is 0 Å². The van der Waals surface area contributed by atoms with Crippen LogP contribution in [0.4, 0.5) is 0 Å².